The molecule has 9 nitrogen and oxygen atoms in total. The first kappa shape index (κ1) is 17.4. The molecule has 0 spiro atoms. The summed E-state index contributed by atoms with van der Waals surface area (Å²) in [6.45, 7) is 2.29. The highest BCUT2D eigenvalue weighted by Crippen LogP contribution is 2.34. The molecule has 0 aliphatic carbocycles. The second-order valence-electron chi connectivity index (χ2n) is 5.01. The summed E-state index contributed by atoms with van der Waals surface area (Å²) in [5, 5.41) is 18.8. The van der Waals surface area contributed by atoms with Gasteiger partial charge in [0.1, 0.15) is 11.4 Å². The SMILES string of the molecule is CCOC(=O)c1nc(C2(OCCO)CCOCC2)[nH]c(=O)c1O. The van der Waals surface area contributed by atoms with Crippen molar-refractivity contribution in [3.8, 4) is 5.75 Å². The number of aliphatic hydroxyl groups is 1. The summed E-state index contributed by atoms with van der Waals surface area (Å²) in [5.74, 6) is -1.57. The van der Waals surface area contributed by atoms with Crippen molar-refractivity contribution in [2.24, 2.45) is 0 Å². The highest BCUT2D eigenvalue weighted by molar-refractivity contribution is 5.89. The first-order chi connectivity index (χ1) is 11.0. The zero-order valence-corrected chi connectivity index (χ0v) is 12.8. The largest absolute Gasteiger partial charge is 0.501 e. The molecule has 9 heteroatoms. The van der Waals surface area contributed by atoms with Crippen LogP contribution >= 0.6 is 0 Å². The molecule has 0 amide bonds. The lowest BCUT2D eigenvalue weighted by Gasteiger charge is -2.36. The maximum absolute atomic E-state index is 11.9. The number of aromatic hydroxyl groups is 1. The molecule has 0 atom stereocenters. The molecule has 1 aliphatic rings. The Labute approximate surface area is 132 Å². The van der Waals surface area contributed by atoms with Crippen LogP contribution in [0.25, 0.3) is 0 Å². The van der Waals surface area contributed by atoms with Gasteiger partial charge in [0.05, 0.1) is 19.8 Å². The normalized spacial score (nSPS) is 17.0. The number of aromatic nitrogens is 2. The average molecular weight is 328 g/mol. The van der Waals surface area contributed by atoms with Gasteiger partial charge in [-0.25, -0.2) is 9.78 Å². The Morgan fingerprint density at radius 3 is 2.74 bits per heavy atom. The molecule has 3 N–H and O–H groups in total. The summed E-state index contributed by atoms with van der Waals surface area (Å²) in [7, 11) is 0. The van der Waals surface area contributed by atoms with Gasteiger partial charge in [-0.2, -0.15) is 0 Å². The Hall–Kier alpha value is -1.97. The number of ether oxygens (including phenoxy) is 3. The van der Waals surface area contributed by atoms with Crippen LogP contribution < -0.4 is 5.56 Å². The molecule has 1 aromatic rings. The number of aromatic amines is 1. The van der Waals surface area contributed by atoms with Gasteiger partial charge in [-0.1, -0.05) is 0 Å². The van der Waals surface area contributed by atoms with Gasteiger partial charge < -0.3 is 29.4 Å². The maximum Gasteiger partial charge on any atom is 0.361 e. The Morgan fingerprint density at radius 2 is 2.13 bits per heavy atom. The van der Waals surface area contributed by atoms with Crippen LogP contribution in [0.1, 0.15) is 36.1 Å². The second-order valence-corrected chi connectivity index (χ2v) is 5.01. The van der Waals surface area contributed by atoms with Crippen LogP contribution in [-0.4, -0.2) is 59.2 Å². The van der Waals surface area contributed by atoms with Crippen molar-refractivity contribution in [1.82, 2.24) is 9.97 Å². The van der Waals surface area contributed by atoms with Crippen LogP contribution in [0.2, 0.25) is 0 Å². The standard InChI is InChI=1S/C14H20N2O7/c1-2-22-12(20)9-10(18)11(19)16-13(15-9)14(23-8-5-17)3-6-21-7-4-14/h17-18H,2-8H2,1H3,(H,15,16,19). The van der Waals surface area contributed by atoms with Gasteiger partial charge in [0, 0.05) is 26.1 Å². The van der Waals surface area contributed by atoms with Crippen LogP contribution in [0.5, 0.6) is 5.75 Å². The summed E-state index contributed by atoms with van der Waals surface area (Å²) in [4.78, 5) is 30.3. The zero-order chi connectivity index (χ0) is 16.9. The van der Waals surface area contributed by atoms with Gasteiger partial charge in [-0.15, -0.1) is 0 Å². The number of nitrogens with one attached hydrogen (secondary N) is 1. The Morgan fingerprint density at radius 1 is 1.43 bits per heavy atom. The molecular formula is C14H20N2O7. The van der Waals surface area contributed by atoms with Gasteiger partial charge in [-0.3, -0.25) is 4.79 Å². The van der Waals surface area contributed by atoms with Gasteiger partial charge in [-0.05, 0) is 6.92 Å². The first-order valence-corrected chi connectivity index (χ1v) is 7.37. The highest BCUT2D eigenvalue weighted by atomic mass is 16.5. The lowest BCUT2D eigenvalue weighted by Crippen LogP contribution is -2.40. The third kappa shape index (κ3) is 3.69. The molecule has 0 radical (unpaired) electrons. The fourth-order valence-electron chi connectivity index (χ4n) is 2.42. The quantitative estimate of drug-likeness (QED) is 0.605. The molecule has 1 fully saturated rings. The number of H-pyrrole nitrogens is 1. The zero-order valence-electron chi connectivity index (χ0n) is 12.8. The van der Waals surface area contributed by atoms with E-state index in [9.17, 15) is 14.7 Å². The molecule has 0 unspecified atom stereocenters. The van der Waals surface area contributed by atoms with E-state index in [0.717, 1.165) is 0 Å². The summed E-state index contributed by atoms with van der Waals surface area (Å²) >= 11 is 0. The number of carbonyl (C=O) groups is 1. The van der Waals surface area contributed by atoms with Crippen LogP contribution in [0.3, 0.4) is 0 Å². The summed E-state index contributed by atoms with van der Waals surface area (Å²) in [6, 6.07) is 0. The lowest BCUT2D eigenvalue weighted by molar-refractivity contribution is -0.127. The topological polar surface area (TPSA) is 131 Å². The van der Waals surface area contributed by atoms with Gasteiger partial charge in [0.15, 0.2) is 5.69 Å². The van der Waals surface area contributed by atoms with Crippen LogP contribution in [0.4, 0.5) is 0 Å². The van der Waals surface area contributed by atoms with E-state index in [1.165, 1.54) is 0 Å². The van der Waals surface area contributed by atoms with E-state index in [-0.39, 0.29) is 25.6 Å². The van der Waals surface area contributed by atoms with E-state index in [1.54, 1.807) is 6.92 Å². The number of aliphatic hydroxyl groups excluding tert-OH is 1. The number of esters is 1. The fourth-order valence-corrected chi connectivity index (χ4v) is 2.42. The summed E-state index contributed by atoms with van der Waals surface area (Å²) in [6.07, 6.45) is 0.784. The van der Waals surface area contributed by atoms with E-state index < -0.39 is 28.6 Å². The number of rotatable bonds is 6. The second kappa shape index (κ2) is 7.53. The molecular weight excluding hydrogens is 308 g/mol. The Bertz CT molecular complexity index is 608. The molecule has 2 heterocycles. The molecule has 2 rings (SSSR count). The third-order valence-corrected chi connectivity index (χ3v) is 3.57. The molecule has 1 saturated heterocycles. The Balaban J connectivity index is 2.46. The molecule has 23 heavy (non-hydrogen) atoms. The van der Waals surface area contributed by atoms with Crippen molar-refractivity contribution >= 4 is 5.97 Å². The van der Waals surface area contributed by atoms with Gasteiger partial charge in [0.25, 0.3) is 5.56 Å². The molecule has 0 saturated carbocycles. The van der Waals surface area contributed by atoms with E-state index in [2.05, 4.69) is 9.97 Å². The number of carbonyl (C=O) groups excluding carboxylic acids is 1. The number of hydrogen-bond acceptors (Lipinski definition) is 8. The van der Waals surface area contributed by atoms with Crippen molar-refractivity contribution in [3.63, 3.8) is 0 Å². The smallest absolute Gasteiger partial charge is 0.361 e. The van der Waals surface area contributed by atoms with Crippen LogP contribution in [0.15, 0.2) is 4.79 Å². The Kier molecular flexibility index (Phi) is 5.69. The minimum atomic E-state index is -0.991. The molecule has 1 aliphatic heterocycles. The van der Waals surface area contributed by atoms with Crippen molar-refractivity contribution < 1.29 is 29.2 Å². The van der Waals surface area contributed by atoms with Crippen molar-refractivity contribution in [1.29, 1.82) is 0 Å². The first-order valence-electron chi connectivity index (χ1n) is 7.37. The molecule has 1 aromatic heterocycles. The predicted molar refractivity (Wildman–Crippen MR) is 77.2 cm³/mol. The van der Waals surface area contributed by atoms with Crippen LogP contribution in [0, 0.1) is 0 Å². The monoisotopic (exact) mass is 328 g/mol. The highest BCUT2D eigenvalue weighted by Gasteiger charge is 2.39. The van der Waals surface area contributed by atoms with Gasteiger partial charge in [0.2, 0.25) is 5.75 Å². The minimum Gasteiger partial charge on any atom is -0.501 e. The van der Waals surface area contributed by atoms with E-state index in [1.807, 2.05) is 0 Å². The van der Waals surface area contributed by atoms with Crippen molar-refractivity contribution in [2.45, 2.75) is 25.4 Å². The number of nitrogens with zero attached hydrogens (tertiary/aromatic N) is 1. The predicted octanol–water partition coefficient (Wildman–Crippen LogP) is -0.333. The van der Waals surface area contributed by atoms with E-state index in [4.69, 9.17) is 19.3 Å². The summed E-state index contributed by atoms with van der Waals surface area (Å²) in [5.41, 5.74) is -2.30. The lowest BCUT2D eigenvalue weighted by atomic mass is 9.92. The maximum atomic E-state index is 11.9. The third-order valence-electron chi connectivity index (χ3n) is 3.57. The van der Waals surface area contributed by atoms with Gasteiger partial charge >= 0.3 is 5.97 Å². The van der Waals surface area contributed by atoms with Crippen LogP contribution in [-0.2, 0) is 19.8 Å². The molecule has 0 bridgehead atoms. The summed E-state index contributed by atoms with van der Waals surface area (Å²) < 4.78 is 15.8. The van der Waals surface area contributed by atoms with Crippen molar-refractivity contribution in [2.75, 3.05) is 33.0 Å². The minimum absolute atomic E-state index is 0.0410. The average Bonchev–Trinajstić information content (AvgIpc) is 2.56. The number of hydrogen-bond donors (Lipinski definition) is 3. The molecule has 128 valence electrons. The van der Waals surface area contributed by atoms with E-state index in [0.29, 0.717) is 26.1 Å². The van der Waals surface area contributed by atoms with Crippen molar-refractivity contribution in [3.05, 3.63) is 21.9 Å². The van der Waals surface area contributed by atoms with E-state index >= 15 is 0 Å². The molecule has 0 aromatic carbocycles. The fraction of sp³-hybridized carbons (Fsp3) is 0.643.